The molecule has 1 aromatic carbocycles. The molecule has 0 spiro atoms. The van der Waals surface area contributed by atoms with Gasteiger partial charge in [0.2, 0.25) is 10.0 Å². The maximum absolute atomic E-state index is 12.4. The minimum atomic E-state index is -3.41. The Kier molecular flexibility index (Phi) is 5.68. The molecule has 7 heteroatoms. The van der Waals surface area contributed by atoms with Crippen LogP contribution in [0, 0.1) is 0 Å². The van der Waals surface area contributed by atoms with Crippen LogP contribution in [0.1, 0.15) is 17.4 Å². The lowest BCUT2D eigenvalue weighted by Crippen LogP contribution is -2.43. The van der Waals surface area contributed by atoms with Crippen molar-refractivity contribution >= 4 is 10.0 Å². The van der Waals surface area contributed by atoms with Crippen molar-refractivity contribution in [2.45, 2.75) is 11.8 Å². The number of morpholine rings is 1. The molecule has 1 aliphatic heterocycles. The number of ether oxygens (including phenoxy) is 1. The fourth-order valence-corrected chi connectivity index (χ4v) is 3.98. The fourth-order valence-electron chi connectivity index (χ4n) is 2.83. The molecule has 0 radical (unpaired) electrons. The second-order valence-corrected chi connectivity index (χ2v) is 7.58. The summed E-state index contributed by atoms with van der Waals surface area (Å²) in [5.74, 6) is 0.737. The van der Waals surface area contributed by atoms with Crippen LogP contribution in [0.15, 0.2) is 53.1 Å². The number of nitrogens with zero attached hydrogens (tertiary/aromatic N) is 1. The monoisotopic (exact) mass is 350 g/mol. The van der Waals surface area contributed by atoms with Crippen molar-refractivity contribution in [2.75, 3.05) is 32.8 Å². The Balaban J connectivity index is 1.66. The van der Waals surface area contributed by atoms with Crippen LogP contribution in [0.2, 0.25) is 0 Å². The highest BCUT2D eigenvalue weighted by Crippen LogP contribution is 2.22. The molecular formula is C17H22N2O4S. The minimum Gasteiger partial charge on any atom is -0.468 e. The number of benzene rings is 1. The third-order valence-electron chi connectivity index (χ3n) is 4.05. The first-order valence-electron chi connectivity index (χ1n) is 8.00. The summed E-state index contributed by atoms with van der Waals surface area (Å²) in [5, 5.41) is 0. The summed E-state index contributed by atoms with van der Waals surface area (Å²) in [6.07, 6.45) is 1.61. The van der Waals surface area contributed by atoms with Crippen molar-refractivity contribution < 1.29 is 17.6 Å². The summed E-state index contributed by atoms with van der Waals surface area (Å²) in [6.45, 7) is 3.09. The van der Waals surface area contributed by atoms with E-state index in [0.717, 1.165) is 24.4 Å². The van der Waals surface area contributed by atoms with Crippen LogP contribution in [0.25, 0.3) is 0 Å². The number of rotatable bonds is 7. The average Bonchev–Trinajstić information content (AvgIpc) is 3.11. The Bertz CT molecular complexity index is 710. The first-order valence-corrected chi connectivity index (χ1v) is 9.66. The molecule has 24 heavy (non-hydrogen) atoms. The van der Waals surface area contributed by atoms with Gasteiger partial charge in [-0.1, -0.05) is 30.3 Å². The van der Waals surface area contributed by atoms with Gasteiger partial charge in [0.25, 0.3) is 0 Å². The van der Waals surface area contributed by atoms with E-state index in [4.69, 9.17) is 9.15 Å². The molecule has 130 valence electrons. The Hall–Kier alpha value is -1.67. The minimum absolute atomic E-state index is 0.0260. The zero-order valence-corrected chi connectivity index (χ0v) is 14.2. The average molecular weight is 350 g/mol. The third kappa shape index (κ3) is 4.67. The topological polar surface area (TPSA) is 71.8 Å². The van der Waals surface area contributed by atoms with Gasteiger partial charge in [-0.05, 0) is 17.7 Å². The molecule has 0 saturated carbocycles. The van der Waals surface area contributed by atoms with Crippen LogP contribution in [-0.4, -0.2) is 46.2 Å². The highest BCUT2D eigenvalue weighted by atomic mass is 32.2. The van der Waals surface area contributed by atoms with Crippen LogP contribution in [0.3, 0.4) is 0 Å². The summed E-state index contributed by atoms with van der Waals surface area (Å²) in [5.41, 5.74) is 0.769. The molecule has 0 amide bonds. The summed E-state index contributed by atoms with van der Waals surface area (Å²) >= 11 is 0. The van der Waals surface area contributed by atoms with Gasteiger partial charge >= 0.3 is 0 Å². The maximum atomic E-state index is 12.4. The van der Waals surface area contributed by atoms with Gasteiger partial charge in [-0.15, -0.1) is 0 Å². The number of sulfonamides is 1. The van der Waals surface area contributed by atoms with E-state index in [1.54, 1.807) is 6.26 Å². The normalized spacial score (nSPS) is 17.7. The van der Waals surface area contributed by atoms with Gasteiger partial charge in [-0.3, -0.25) is 4.90 Å². The van der Waals surface area contributed by atoms with E-state index >= 15 is 0 Å². The van der Waals surface area contributed by atoms with Crippen LogP contribution >= 0.6 is 0 Å². The molecule has 1 atom stereocenters. The number of hydrogen-bond acceptors (Lipinski definition) is 5. The van der Waals surface area contributed by atoms with Crippen molar-refractivity contribution in [3.8, 4) is 0 Å². The molecule has 0 aliphatic carbocycles. The first kappa shape index (κ1) is 17.2. The SMILES string of the molecule is O=S(=O)(Cc1ccccc1)NCC(c1ccco1)N1CCOCC1. The molecule has 1 N–H and O–H groups in total. The van der Waals surface area contributed by atoms with Crippen LogP contribution < -0.4 is 4.72 Å². The molecule has 1 saturated heterocycles. The molecule has 6 nitrogen and oxygen atoms in total. The molecule has 1 unspecified atom stereocenters. The summed E-state index contributed by atoms with van der Waals surface area (Å²) in [4.78, 5) is 2.19. The molecule has 1 fully saturated rings. The predicted octanol–water partition coefficient (Wildman–Crippen LogP) is 1.77. The Labute approximate surface area is 142 Å². The van der Waals surface area contributed by atoms with Crippen molar-refractivity contribution in [3.63, 3.8) is 0 Å². The molecule has 0 bridgehead atoms. The quantitative estimate of drug-likeness (QED) is 0.824. The largest absolute Gasteiger partial charge is 0.468 e. The second kappa shape index (κ2) is 7.94. The van der Waals surface area contributed by atoms with E-state index in [1.807, 2.05) is 42.5 Å². The van der Waals surface area contributed by atoms with Gasteiger partial charge in [0.1, 0.15) is 5.76 Å². The van der Waals surface area contributed by atoms with E-state index in [-0.39, 0.29) is 18.3 Å². The van der Waals surface area contributed by atoms with Crippen molar-refractivity contribution in [1.82, 2.24) is 9.62 Å². The second-order valence-electron chi connectivity index (χ2n) is 5.77. The standard InChI is InChI=1S/C17H22N2O4S/c20-24(21,14-15-5-2-1-3-6-15)18-13-16(17-7-4-10-23-17)19-8-11-22-12-9-19/h1-7,10,16,18H,8-9,11-14H2. The Morgan fingerprint density at radius 2 is 1.83 bits per heavy atom. The van der Waals surface area contributed by atoms with Gasteiger partial charge in [0.05, 0.1) is 31.3 Å². The summed E-state index contributed by atoms with van der Waals surface area (Å²) < 4.78 is 38.4. The highest BCUT2D eigenvalue weighted by molar-refractivity contribution is 7.88. The van der Waals surface area contributed by atoms with Crippen molar-refractivity contribution in [2.24, 2.45) is 0 Å². The lowest BCUT2D eigenvalue weighted by atomic mass is 10.2. The molecule has 1 aromatic heterocycles. The summed E-state index contributed by atoms with van der Waals surface area (Å²) in [6, 6.07) is 12.7. The lowest BCUT2D eigenvalue weighted by Gasteiger charge is -2.33. The number of nitrogens with one attached hydrogen (secondary N) is 1. The Morgan fingerprint density at radius 1 is 1.08 bits per heavy atom. The van der Waals surface area contributed by atoms with Crippen molar-refractivity contribution in [3.05, 3.63) is 60.1 Å². The van der Waals surface area contributed by atoms with Gasteiger partial charge in [0, 0.05) is 19.6 Å². The highest BCUT2D eigenvalue weighted by Gasteiger charge is 2.26. The zero-order chi connectivity index (χ0) is 16.8. The maximum Gasteiger partial charge on any atom is 0.215 e. The van der Waals surface area contributed by atoms with Crippen LogP contribution in [-0.2, 0) is 20.5 Å². The van der Waals surface area contributed by atoms with Gasteiger partial charge in [0.15, 0.2) is 0 Å². The molecule has 2 aromatic rings. The van der Waals surface area contributed by atoms with Gasteiger partial charge < -0.3 is 9.15 Å². The zero-order valence-electron chi connectivity index (χ0n) is 13.4. The molecular weight excluding hydrogens is 328 g/mol. The lowest BCUT2D eigenvalue weighted by molar-refractivity contribution is 0.0128. The molecule has 1 aliphatic rings. The van der Waals surface area contributed by atoms with E-state index in [2.05, 4.69) is 9.62 Å². The third-order valence-corrected chi connectivity index (χ3v) is 5.37. The van der Waals surface area contributed by atoms with Gasteiger partial charge in [-0.25, -0.2) is 13.1 Å². The van der Waals surface area contributed by atoms with E-state index in [9.17, 15) is 8.42 Å². The van der Waals surface area contributed by atoms with E-state index < -0.39 is 10.0 Å². The molecule has 2 heterocycles. The van der Waals surface area contributed by atoms with Crippen molar-refractivity contribution in [1.29, 1.82) is 0 Å². The van der Waals surface area contributed by atoms with Gasteiger partial charge in [-0.2, -0.15) is 0 Å². The smallest absolute Gasteiger partial charge is 0.215 e. The van der Waals surface area contributed by atoms with Crippen LogP contribution in [0.5, 0.6) is 0 Å². The molecule has 3 rings (SSSR count). The predicted molar refractivity (Wildman–Crippen MR) is 90.9 cm³/mol. The number of furan rings is 1. The first-order chi connectivity index (χ1) is 11.6. The van der Waals surface area contributed by atoms with Crippen LogP contribution in [0.4, 0.5) is 0 Å². The fraction of sp³-hybridized carbons (Fsp3) is 0.412. The number of hydrogen-bond donors (Lipinski definition) is 1. The van der Waals surface area contributed by atoms with E-state index in [1.165, 1.54) is 0 Å². The van der Waals surface area contributed by atoms with E-state index in [0.29, 0.717) is 13.2 Å². The Morgan fingerprint density at radius 3 is 2.50 bits per heavy atom. The summed E-state index contributed by atoms with van der Waals surface area (Å²) in [7, 11) is -3.41.